The Kier molecular flexibility index (Phi) is 7.18. The first-order valence-corrected chi connectivity index (χ1v) is 11.4. The molecule has 7 nitrogen and oxygen atoms in total. The number of halogens is 3. The number of amides is 2. The number of ether oxygens (including phenoxy) is 1. The number of rotatable bonds is 7. The van der Waals surface area contributed by atoms with E-state index in [9.17, 15) is 32.7 Å². The van der Waals surface area contributed by atoms with Crippen LogP contribution in [0.4, 0.5) is 13.2 Å². The third-order valence-electron chi connectivity index (χ3n) is 5.54. The molecule has 0 aromatic heterocycles. The number of alkyl halides is 3. The maximum absolute atomic E-state index is 12.9. The first-order chi connectivity index (χ1) is 15.7. The second-order valence-corrected chi connectivity index (χ2v) is 9.60. The van der Waals surface area contributed by atoms with Gasteiger partial charge >= 0.3 is 12.1 Å². The monoisotopic (exact) mass is 498 g/mol. The quantitative estimate of drug-likeness (QED) is 0.341. The molecular formula is C23H25F3N2O5S. The second kappa shape index (κ2) is 9.46. The number of β-lactam (4-membered cyclic amide) rings is 1. The van der Waals surface area contributed by atoms with Crippen LogP contribution in [0.2, 0.25) is 0 Å². The van der Waals surface area contributed by atoms with E-state index in [-0.39, 0.29) is 6.42 Å². The summed E-state index contributed by atoms with van der Waals surface area (Å²) in [5.74, 6) is -1.80. The highest BCUT2D eigenvalue weighted by molar-refractivity contribution is 8.03. The number of nitrogens with one attached hydrogen (secondary N) is 1. The zero-order chi connectivity index (χ0) is 25.4. The Labute approximate surface area is 199 Å². The molecule has 3 rings (SSSR count). The van der Waals surface area contributed by atoms with Gasteiger partial charge in [-0.3, -0.25) is 9.59 Å². The zero-order valence-corrected chi connectivity index (χ0v) is 19.6. The summed E-state index contributed by atoms with van der Waals surface area (Å²) in [6.45, 7) is 8.34. The highest BCUT2D eigenvalue weighted by Crippen LogP contribution is 2.41. The molecule has 0 bridgehead atoms. The van der Waals surface area contributed by atoms with Gasteiger partial charge in [-0.15, -0.1) is 11.8 Å². The molecular weight excluding hydrogens is 473 g/mol. The van der Waals surface area contributed by atoms with Crippen molar-refractivity contribution in [3.05, 3.63) is 59.0 Å². The van der Waals surface area contributed by atoms with Crippen LogP contribution < -0.4 is 5.32 Å². The Morgan fingerprint density at radius 2 is 1.91 bits per heavy atom. The van der Waals surface area contributed by atoms with Crippen molar-refractivity contribution in [2.75, 3.05) is 0 Å². The number of carbonyl (C=O) groups is 3. The van der Waals surface area contributed by atoms with Crippen molar-refractivity contribution in [2.45, 2.75) is 62.5 Å². The Bertz CT molecular complexity index is 1020. The molecule has 3 unspecified atom stereocenters. The lowest BCUT2D eigenvalue weighted by atomic mass is 9.95. The number of nitrogens with zero attached hydrogens (tertiary/aromatic N) is 1. The number of aliphatic hydroxyl groups excluding tert-OH is 1. The van der Waals surface area contributed by atoms with Crippen LogP contribution in [0.15, 0.2) is 47.9 Å². The van der Waals surface area contributed by atoms with Gasteiger partial charge in [0, 0.05) is 0 Å². The molecule has 34 heavy (non-hydrogen) atoms. The molecule has 1 aromatic rings. The lowest BCUT2D eigenvalue weighted by molar-refractivity contribution is -0.169. The van der Waals surface area contributed by atoms with E-state index in [1.165, 1.54) is 41.8 Å². The molecule has 0 aliphatic carbocycles. The van der Waals surface area contributed by atoms with Crippen LogP contribution >= 0.6 is 11.8 Å². The minimum atomic E-state index is -4.47. The van der Waals surface area contributed by atoms with Crippen LogP contribution in [-0.4, -0.2) is 57.0 Å². The van der Waals surface area contributed by atoms with E-state index < -0.39 is 58.7 Å². The average Bonchev–Trinajstić information content (AvgIpc) is 2.75. The van der Waals surface area contributed by atoms with Gasteiger partial charge < -0.3 is 20.1 Å². The van der Waals surface area contributed by atoms with Gasteiger partial charge in [0.1, 0.15) is 17.0 Å². The summed E-state index contributed by atoms with van der Waals surface area (Å²) in [6.07, 6.45) is -4.27. The fourth-order valence-corrected chi connectivity index (χ4v) is 4.89. The first-order valence-electron chi connectivity index (χ1n) is 10.4. The van der Waals surface area contributed by atoms with Crippen LogP contribution in [0.3, 0.4) is 0 Å². The maximum Gasteiger partial charge on any atom is 0.416 e. The Morgan fingerprint density at radius 1 is 1.29 bits per heavy atom. The van der Waals surface area contributed by atoms with E-state index in [0.717, 1.165) is 12.1 Å². The molecule has 2 aliphatic heterocycles. The standard InChI is InChI=1S/C23H25F3N2O5S/c1-5-22(3,4)33-21(32)18-15(12(2)29)11-34-20-17(19(31)28(18)20)27-16(30)10-13-6-8-14(9-7-13)23(24,25)26/h5-9,11-12,17-18,20,29H,1,10H2,2-4H3,(H,27,30)/t12?,17?,18?,20-/m1/s1. The van der Waals surface area contributed by atoms with E-state index in [4.69, 9.17) is 4.74 Å². The first kappa shape index (κ1) is 25.8. The molecule has 1 fully saturated rings. The minimum absolute atomic E-state index is 0.215. The van der Waals surface area contributed by atoms with Crippen molar-refractivity contribution in [1.82, 2.24) is 10.2 Å². The zero-order valence-electron chi connectivity index (χ0n) is 18.8. The van der Waals surface area contributed by atoms with Gasteiger partial charge in [-0.1, -0.05) is 18.7 Å². The number of thioether (sulfide) groups is 1. The SMILES string of the molecule is C=CC(C)(C)OC(=O)C1C(C(C)O)=CS[C@@H]2C(NC(=O)Cc3ccc(C(F)(F)F)cc3)C(=O)N12. The molecule has 2 N–H and O–H groups in total. The summed E-state index contributed by atoms with van der Waals surface area (Å²) in [5, 5.41) is 13.7. The van der Waals surface area contributed by atoms with Crippen molar-refractivity contribution in [1.29, 1.82) is 0 Å². The van der Waals surface area contributed by atoms with Crippen LogP contribution in [0.1, 0.15) is 31.9 Å². The smallest absolute Gasteiger partial charge is 0.416 e. The number of aliphatic hydroxyl groups is 1. The van der Waals surface area contributed by atoms with Crippen molar-refractivity contribution in [2.24, 2.45) is 0 Å². The van der Waals surface area contributed by atoms with Crippen molar-refractivity contribution in [3.63, 3.8) is 0 Å². The average molecular weight is 499 g/mol. The van der Waals surface area contributed by atoms with Gasteiger partial charge in [-0.2, -0.15) is 13.2 Å². The van der Waals surface area contributed by atoms with Crippen molar-refractivity contribution < 1.29 is 37.4 Å². The Balaban J connectivity index is 1.70. The Hall–Kier alpha value is -2.79. The number of hydrogen-bond donors (Lipinski definition) is 2. The van der Waals surface area contributed by atoms with Crippen LogP contribution in [0.25, 0.3) is 0 Å². The molecule has 4 atom stereocenters. The fraction of sp³-hybridized carbons (Fsp3) is 0.435. The van der Waals surface area contributed by atoms with Crippen molar-refractivity contribution >= 4 is 29.5 Å². The molecule has 2 heterocycles. The maximum atomic E-state index is 12.9. The highest BCUT2D eigenvalue weighted by Gasteiger charge is 2.57. The van der Waals surface area contributed by atoms with E-state index in [1.807, 2.05) is 0 Å². The molecule has 2 amide bonds. The number of esters is 1. The Morgan fingerprint density at radius 3 is 2.44 bits per heavy atom. The number of benzene rings is 1. The van der Waals surface area contributed by atoms with Gasteiger partial charge in [-0.25, -0.2) is 4.79 Å². The van der Waals surface area contributed by atoms with Crippen LogP contribution in [0, 0.1) is 0 Å². The topological polar surface area (TPSA) is 95.9 Å². The molecule has 1 aromatic carbocycles. The predicted molar refractivity (Wildman–Crippen MR) is 119 cm³/mol. The minimum Gasteiger partial charge on any atom is -0.454 e. The summed E-state index contributed by atoms with van der Waals surface area (Å²) < 4.78 is 43.6. The summed E-state index contributed by atoms with van der Waals surface area (Å²) in [6, 6.07) is 2.11. The van der Waals surface area contributed by atoms with Crippen LogP contribution in [0.5, 0.6) is 0 Å². The van der Waals surface area contributed by atoms with E-state index >= 15 is 0 Å². The fourth-order valence-electron chi connectivity index (χ4n) is 3.57. The summed E-state index contributed by atoms with van der Waals surface area (Å²) in [5.41, 5.74) is -1.16. The van der Waals surface area contributed by atoms with Gasteiger partial charge in [0.05, 0.1) is 18.1 Å². The highest BCUT2D eigenvalue weighted by atomic mass is 32.2. The normalized spacial score (nSPS) is 23.3. The molecule has 0 spiro atoms. The number of hydrogen-bond acceptors (Lipinski definition) is 6. The molecule has 11 heteroatoms. The molecule has 0 radical (unpaired) electrons. The van der Waals surface area contributed by atoms with Gasteiger partial charge in [0.15, 0.2) is 6.04 Å². The van der Waals surface area contributed by atoms with E-state index in [0.29, 0.717) is 11.1 Å². The van der Waals surface area contributed by atoms with Crippen LogP contribution in [-0.2, 0) is 31.7 Å². The largest absolute Gasteiger partial charge is 0.454 e. The van der Waals surface area contributed by atoms with Crippen molar-refractivity contribution in [3.8, 4) is 0 Å². The molecule has 0 saturated carbocycles. The lowest BCUT2D eigenvalue weighted by Crippen LogP contribution is -2.74. The van der Waals surface area contributed by atoms with E-state index in [1.54, 1.807) is 19.3 Å². The second-order valence-electron chi connectivity index (χ2n) is 8.61. The van der Waals surface area contributed by atoms with Gasteiger partial charge in [0.2, 0.25) is 11.8 Å². The summed E-state index contributed by atoms with van der Waals surface area (Å²) in [4.78, 5) is 39.5. The van der Waals surface area contributed by atoms with Gasteiger partial charge in [-0.05, 0) is 55.5 Å². The third kappa shape index (κ3) is 5.30. The predicted octanol–water partition coefficient (Wildman–Crippen LogP) is 2.79. The molecule has 2 aliphatic rings. The van der Waals surface area contributed by atoms with Gasteiger partial charge in [0.25, 0.3) is 0 Å². The third-order valence-corrected chi connectivity index (χ3v) is 6.73. The summed E-state index contributed by atoms with van der Waals surface area (Å²) >= 11 is 1.17. The molecule has 1 saturated heterocycles. The number of carbonyl (C=O) groups excluding carboxylic acids is 3. The number of fused-ring (bicyclic) bond motifs is 1. The lowest BCUT2D eigenvalue weighted by Gasteiger charge is -2.52. The molecule has 184 valence electrons. The summed E-state index contributed by atoms with van der Waals surface area (Å²) in [7, 11) is 0. The van der Waals surface area contributed by atoms with E-state index in [2.05, 4.69) is 11.9 Å².